The van der Waals surface area contributed by atoms with Crippen LogP contribution in [0.4, 0.5) is 0 Å². The van der Waals surface area contributed by atoms with Crippen molar-refractivity contribution in [3.63, 3.8) is 0 Å². The molecule has 5 heteroatoms. The molecule has 21 heavy (non-hydrogen) atoms. The molecule has 0 amide bonds. The maximum Gasteiger partial charge on any atom is 0.163 e. The monoisotopic (exact) mass is 291 g/mol. The van der Waals surface area contributed by atoms with Gasteiger partial charge in [0.1, 0.15) is 5.82 Å². The number of benzene rings is 1. The molecule has 0 saturated carbocycles. The summed E-state index contributed by atoms with van der Waals surface area (Å²) in [6.45, 7) is 3.60. The van der Waals surface area contributed by atoms with E-state index in [0.29, 0.717) is 12.3 Å². The van der Waals surface area contributed by atoms with E-state index in [4.69, 9.17) is 15.2 Å². The average molecular weight is 291 g/mol. The molecule has 0 saturated heterocycles. The molecule has 0 aliphatic carbocycles. The van der Waals surface area contributed by atoms with Crippen LogP contribution in [-0.2, 0) is 13.1 Å². The predicted molar refractivity (Wildman–Crippen MR) is 84.9 cm³/mol. The smallest absolute Gasteiger partial charge is 0.163 e. The lowest BCUT2D eigenvalue weighted by atomic mass is 10.2. The maximum atomic E-state index is 5.84. The van der Waals surface area contributed by atoms with Crippen molar-refractivity contribution in [2.75, 3.05) is 14.2 Å². The van der Waals surface area contributed by atoms with E-state index in [1.165, 1.54) is 19.3 Å². The molecule has 0 bridgehead atoms. The second kappa shape index (κ2) is 7.31. The Kier molecular flexibility index (Phi) is 5.44. The summed E-state index contributed by atoms with van der Waals surface area (Å²) in [4.78, 5) is 4.62. The molecule has 2 aromatic rings. The number of unbranched alkanes of at least 4 members (excludes halogenated alkanes) is 3. The van der Waals surface area contributed by atoms with Crippen molar-refractivity contribution in [2.24, 2.45) is 5.73 Å². The first-order valence-electron chi connectivity index (χ1n) is 7.56. The summed E-state index contributed by atoms with van der Waals surface area (Å²) in [6, 6.07) is 3.90. The van der Waals surface area contributed by atoms with Gasteiger partial charge in [0.15, 0.2) is 11.5 Å². The lowest BCUT2D eigenvalue weighted by Gasteiger charge is -2.10. The van der Waals surface area contributed by atoms with Crippen molar-refractivity contribution in [3.8, 4) is 11.5 Å². The Hall–Kier alpha value is -1.75. The van der Waals surface area contributed by atoms with Crippen LogP contribution < -0.4 is 15.2 Å². The number of rotatable bonds is 8. The summed E-state index contributed by atoms with van der Waals surface area (Å²) in [7, 11) is 3.28. The van der Waals surface area contributed by atoms with Crippen LogP contribution in [-0.4, -0.2) is 23.8 Å². The van der Waals surface area contributed by atoms with Crippen molar-refractivity contribution in [3.05, 3.63) is 18.0 Å². The minimum absolute atomic E-state index is 0.438. The molecule has 0 spiro atoms. The molecule has 2 N–H and O–H groups in total. The van der Waals surface area contributed by atoms with E-state index in [2.05, 4.69) is 16.5 Å². The number of nitrogens with two attached hydrogens (primary N) is 1. The molecule has 1 aromatic heterocycles. The molecule has 0 unspecified atom stereocenters. The van der Waals surface area contributed by atoms with E-state index in [1.54, 1.807) is 14.2 Å². The van der Waals surface area contributed by atoms with E-state index in [9.17, 15) is 0 Å². The van der Waals surface area contributed by atoms with Crippen molar-refractivity contribution in [1.82, 2.24) is 9.55 Å². The first kappa shape index (κ1) is 15.6. The van der Waals surface area contributed by atoms with Crippen LogP contribution in [0.5, 0.6) is 11.5 Å². The van der Waals surface area contributed by atoms with Crippen molar-refractivity contribution < 1.29 is 9.47 Å². The first-order chi connectivity index (χ1) is 10.2. The Bertz CT molecular complexity index is 593. The second-order valence-corrected chi connectivity index (χ2v) is 5.14. The number of aryl methyl sites for hydroxylation is 1. The van der Waals surface area contributed by atoms with Crippen molar-refractivity contribution in [1.29, 1.82) is 0 Å². The van der Waals surface area contributed by atoms with E-state index in [0.717, 1.165) is 35.6 Å². The molecule has 5 nitrogen and oxygen atoms in total. The number of methoxy groups -OCH3 is 2. The van der Waals surface area contributed by atoms with Crippen LogP contribution in [0.2, 0.25) is 0 Å². The molecule has 1 heterocycles. The van der Waals surface area contributed by atoms with Crippen molar-refractivity contribution >= 4 is 11.0 Å². The third-order valence-electron chi connectivity index (χ3n) is 3.75. The highest BCUT2D eigenvalue weighted by molar-refractivity contribution is 5.80. The van der Waals surface area contributed by atoms with Gasteiger partial charge in [-0.25, -0.2) is 4.98 Å². The molecule has 0 aliphatic rings. The zero-order chi connectivity index (χ0) is 15.2. The van der Waals surface area contributed by atoms with Gasteiger partial charge in [0.25, 0.3) is 0 Å². The zero-order valence-electron chi connectivity index (χ0n) is 13.2. The van der Waals surface area contributed by atoms with E-state index in [1.807, 2.05) is 12.1 Å². The summed E-state index contributed by atoms with van der Waals surface area (Å²) in [5.74, 6) is 2.34. The highest BCUT2D eigenvalue weighted by Gasteiger charge is 2.14. The average Bonchev–Trinajstić information content (AvgIpc) is 2.86. The minimum Gasteiger partial charge on any atom is -0.493 e. The number of nitrogens with zero attached hydrogens (tertiary/aromatic N) is 2. The Morgan fingerprint density at radius 2 is 1.81 bits per heavy atom. The summed E-state index contributed by atoms with van der Waals surface area (Å²) >= 11 is 0. The fourth-order valence-electron chi connectivity index (χ4n) is 2.60. The standard InChI is InChI=1S/C16H25N3O2/c1-4-5-6-7-8-19-13-10-15(21-3)14(20-2)9-12(13)18-16(19)11-17/h9-10H,4-8,11,17H2,1-3H3. The predicted octanol–water partition coefficient (Wildman–Crippen LogP) is 3.09. The van der Waals surface area contributed by atoms with Gasteiger partial charge in [-0.3, -0.25) is 0 Å². The Morgan fingerprint density at radius 1 is 1.10 bits per heavy atom. The molecule has 1 aromatic carbocycles. The number of hydrogen-bond acceptors (Lipinski definition) is 4. The minimum atomic E-state index is 0.438. The number of aromatic nitrogens is 2. The van der Waals surface area contributed by atoms with Gasteiger partial charge < -0.3 is 19.8 Å². The highest BCUT2D eigenvalue weighted by Crippen LogP contribution is 2.32. The molecular formula is C16H25N3O2. The van der Waals surface area contributed by atoms with Gasteiger partial charge in [-0.2, -0.15) is 0 Å². The molecule has 0 fully saturated rings. The van der Waals surface area contributed by atoms with Crippen LogP contribution in [0.15, 0.2) is 12.1 Å². The normalized spacial score (nSPS) is 11.0. The van der Waals surface area contributed by atoms with Gasteiger partial charge in [0, 0.05) is 18.7 Å². The number of hydrogen-bond donors (Lipinski definition) is 1. The van der Waals surface area contributed by atoms with Gasteiger partial charge in [-0.1, -0.05) is 26.2 Å². The summed E-state index contributed by atoms with van der Waals surface area (Å²) in [5.41, 5.74) is 7.81. The first-order valence-corrected chi connectivity index (χ1v) is 7.56. The molecule has 0 atom stereocenters. The lowest BCUT2D eigenvalue weighted by Crippen LogP contribution is -2.08. The van der Waals surface area contributed by atoms with Gasteiger partial charge in [0.05, 0.1) is 31.8 Å². The van der Waals surface area contributed by atoms with Crippen LogP contribution in [0, 0.1) is 0 Å². The largest absolute Gasteiger partial charge is 0.493 e. The quantitative estimate of drug-likeness (QED) is 0.759. The Labute approximate surface area is 126 Å². The summed E-state index contributed by atoms with van der Waals surface area (Å²) in [6.07, 6.45) is 4.87. The number of fused-ring (bicyclic) bond motifs is 1. The van der Waals surface area contributed by atoms with Crippen LogP contribution >= 0.6 is 0 Å². The lowest BCUT2D eigenvalue weighted by molar-refractivity contribution is 0.355. The summed E-state index contributed by atoms with van der Waals surface area (Å²) in [5, 5.41) is 0. The van der Waals surface area contributed by atoms with Gasteiger partial charge in [-0.05, 0) is 6.42 Å². The van der Waals surface area contributed by atoms with Crippen molar-refractivity contribution in [2.45, 2.75) is 45.7 Å². The van der Waals surface area contributed by atoms with E-state index >= 15 is 0 Å². The zero-order valence-corrected chi connectivity index (χ0v) is 13.2. The fraction of sp³-hybridized carbons (Fsp3) is 0.562. The third-order valence-corrected chi connectivity index (χ3v) is 3.75. The summed E-state index contributed by atoms with van der Waals surface area (Å²) < 4.78 is 12.9. The van der Waals surface area contributed by atoms with Crippen LogP contribution in [0.3, 0.4) is 0 Å². The van der Waals surface area contributed by atoms with E-state index < -0.39 is 0 Å². The molecule has 0 radical (unpaired) electrons. The number of imidazole rings is 1. The molecule has 2 rings (SSSR count). The maximum absolute atomic E-state index is 5.84. The number of ether oxygens (including phenoxy) is 2. The van der Waals surface area contributed by atoms with Gasteiger partial charge in [-0.15, -0.1) is 0 Å². The third kappa shape index (κ3) is 3.29. The Morgan fingerprint density at radius 3 is 2.43 bits per heavy atom. The second-order valence-electron chi connectivity index (χ2n) is 5.14. The van der Waals surface area contributed by atoms with Crippen LogP contribution in [0.1, 0.15) is 38.4 Å². The molecule has 116 valence electrons. The molecular weight excluding hydrogens is 266 g/mol. The topological polar surface area (TPSA) is 62.3 Å². The SMILES string of the molecule is CCCCCCn1c(CN)nc2cc(OC)c(OC)cc21. The Balaban J connectivity index is 2.37. The van der Waals surface area contributed by atoms with Gasteiger partial charge in [0.2, 0.25) is 0 Å². The van der Waals surface area contributed by atoms with Gasteiger partial charge >= 0.3 is 0 Å². The molecule has 0 aliphatic heterocycles. The highest BCUT2D eigenvalue weighted by atomic mass is 16.5. The van der Waals surface area contributed by atoms with Crippen LogP contribution in [0.25, 0.3) is 11.0 Å². The fourth-order valence-corrected chi connectivity index (χ4v) is 2.60. The van der Waals surface area contributed by atoms with E-state index in [-0.39, 0.29) is 0 Å².